The van der Waals surface area contributed by atoms with Gasteiger partial charge >= 0.3 is 18.1 Å². The van der Waals surface area contributed by atoms with Crippen LogP contribution >= 0.6 is 0 Å². The summed E-state index contributed by atoms with van der Waals surface area (Å²) in [7, 11) is 0. The van der Waals surface area contributed by atoms with E-state index >= 15 is 0 Å². The number of fused-ring (bicyclic) bond motifs is 1. The van der Waals surface area contributed by atoms with Crippen molar-refractivity contribution in [3.05, 3.63) is 53.6 Å². The first-order valence-electron chi connectivity index (χ1n) is 16.6. The van der Waals surface area contributed by atoms with Crippen LogP contribution in [0.1, 0.15) is 127 Å². The van der Waals surface area contributed by atoms with Gasteiger partial charge in [-0.15, -0.1) is 0 Å². The maximum absolute atomic E-state index is 13.1. The lowest BCUT2D eigenvalue weighted by molar-refractivity contribution is -0.284. The highest BCUT2D eigenvalue weighted by molar-refractivity contribution is 5.74. The molecule has 0 saturated heterocycles. The molecule has 0 amide bonds. The van der Waals surface area contributed by atoms with Crippen LogP contribution in [0.15, 0.2) is 42.5 Å². The van der Waals surface area contributed by atoms with Gasteiger partial charge in [-0.25, -0.2) is 0 Å². The van der Waals surface area contributed by atoms with Crippen LogP contribution in [-0.4, -0.2) is 40.0 Å². The van der Waals surface area contributed by atoms with Crippen LogP contribution in [0.4, 0.5) is 22.0 Å². The molecule has 2 aromatic rings. The van der Waals surface area contributed by atoms with E-state index in [1.165, 1.54) is 0 Å². The lowest BCUT2D eigenvalue weighted by Gasteiger charge is -2.43. The Bertz CT molecular complexity index is 1250. The van der Waals surface area contributed by atoms with Crippen LogP contribution < -0.4 is 4.74 Å². The number of alkyl halides is 5. The topological polar surface area (TPSA) is 87.0 Å². The number of carboxylic acids is 1. The maximum Gasteiger partial charge on any atom is 0.453 e. The van der Waals surface area contributed by atoms with Crippen LogP contribution in [0.3, 0.4) is 0 Å². The number of hydrogen-bond donors (Lipinski definition) is 3. The highest BCUT2D eigenvalue weighted by Crippen LogP contribution is 2.50. The SMILES string of the molecule is CCC(CCCCCCCCC[C@@H]1c2ccc(O)cc2OC[C@]1(C)c1ccc(O)cc1)(CCCCCC(F)(F)C(F)(F)F)C(=O)O. The minimum Gasteiger partial charge on any atom is -0.508 e. The predicted octanol–water partition coefficient (Wildman–Crippen LogP) is 10.7. The summed E-state index contributed by atoms with van der Waals surface area (Å²) in [6, 6.07) is 12.6. The van der Waals surface area contributed by atoms with Gasteiger partial charge in [-0.1, -0.05) is 89.8 Å². The fourth-order valence-electron chi connectivity index (χ4n) is 6.88. The Morgan fingerprint density at radius 3 is 1.89 bits per heavy atom. The van der Waals surface area contributed by atoms with Gasteiger partial charge < -0.3 is 20.1 Å². The molecule has 0 aliphatic carbocycles. The summed E-state index contributed by atoms with van der Waals surface area (Å²) in [5.74, 6) is -4.40. The van der Waals surface area contributed by atoms with Crippen LogP contribution in [-0.2, 0) is 10.2 Å². The molecule has 258 valence electrons. The van der Waals surface area contributed by atoms with Gasteiger partial charge in [0.25, 0.3) is 0 Å². The molecule has 2 aromatic carbocycles. The molecule has 10 heteroatoms. The van der Waals surface area contributed by atoms with Crippen LogP contribution in [0.25, 0.3) is 0 Å². The van der Waals surface area contributed by atoms with Gasteiger partial charge in [-0.3, -0.25) is 4.79 Å². The number of phenolic OH excluding ortho intramolecular Hbond substituents is 2. The molecular weight excluding hydrogens is 607 g/mol. The normalized spacial score (nSPS) is 19.7. The quantitative estimate of drug-likeness (QED) is 0.103. The second-order valence-corrected chi connectivity index (χ2v) is 13.2. The number of aliphatic carboxylic acids is 1. The van der Waals surface area contributed by atoms with Crippen molar-refractivity contribution in [2.24, 2.45) is 5.41 Å². The smallest absolute Gasteiger partial charge is 0.453 e. The monoisotopic (exact) mass is 656 g/mol. The summed E-state index contributed by atoms with van der Waals surface area (Å²) in [4.78, 5) is 12.1. The average molecular weight is 657 g/mol. The molecule has 0 bridgehead atoms. The molecule has 1 unspecified atom stereocenters. The van der Waals surface area contributed by atoms with Gasteiger partial charge in [-0.05, 0) is 61.4 Å². The summed E-state index contributed by atoms with van der Waals surface area (Å²) >= 11 is 0. The Kier molecular flexibility index (Phi) is 13.2. The van der Waals surface area contributed by atoms with Gasteiger partial charge in [0, 0.05) is 23.8 Å². The Hall–Kier alpha value is -3.04. The predicted molar refractivity (Wildman–Crippen MR) is 168 cm³/mol. The zero-order valence-electron chi connectivity index (χ0n) is 27.0. The summed E-state index contributed by atoms with van der Waals surface area (Å²) in [6.45, 7) is 4.43. The third kappa shape index (κ3) is 9.50. The third-order valence-corrected chi connectivity index (χ3v) is 10.0. The third-order valence-electron chi connectivity index (χ3n) is 10.0. The van der Waals surface area contributed by atoms with Crippen molar-refractivity contribution in [3.63, 3.8) is 0 Å². The fraction of sp³-hybridized carbons (Fsp3) is 0.639. The van der Waals surface area contributed by atoms with Gasteiger partial charge in [0.15, 0.2) is 0 Å². The number of hydrogen-bond acceptors (Lipinski definition) is 4. The zero-order chi connectivity index (χ0) is 34.0. The first-order valence-corrected chi connectivity index (χ1v) is 16.6. The Morgan fingerprint density at radius 2 is 1.33 bits per heavy atom. The van der Waals surface area contributed by atoms with Gasteiger partial charge in [0.05, 0.1) is 12.0 Å². The molecule has 1 heterocycles. The number of aromatic hydroxyl groups is 2. The van der Waals surface area contributed by atoms with Crippen molar-refractivity contribution in [1.29, 1.82) is 0 Å². The average Bonchev–Trinajstić information content (AvgIpc) is 2.99. The van der Waals surface area contributed by atoms with Crippen LogP contribution in [0.2, 0.25) is 0 Å². The van der Waals surface area contributed by atoms with E-state index in [9.17, 15) is 42.1 Å². The minimum atomic E-state index is -5.56. The lowest BCUT2D eigenvalue weighted by Crippen LogP contribution is -2.40. The lowest BCUT2D eigenvalue weighted by atomic mass is 9.66. The van der Waals surface area contributed by atoms with E-state index in [4.69, 9.17) is 4.74 Å². The standard InChI is InChI=1S/C36H49F5O5/c1-3-34(32(44)45,22-12-9-13-23-35(37,38)36(39,40)41)21-11-8-6-4-5-7-10-14-30-29-20-19-28(43)24-31(29)46-25-33(30,2)26-15-17-27(42)18-16-26/h15-20,24,30,42-43H,3-14,21-23,25H2,1-2H3,(H,44,45)/t30-,33-,34?/m1/s1. The first kappa shape index (κ1) is 37.4. The molecule has 3 N–H and O–H groups in total. The molecule has 0 fully saturated rings. The van der Waals surface area contributed by atoms with Gasteiger partial charge in [0.1, 0.15) is 17.2 Å². The molecule has 46 heavy (non-hydrogen) atoms. The molecule has 1 aliphatic rings. The van der Waals surface area contributed by atoms with Crippen LogP contribution in [0, 0.1) is 5.41 Å². The number of unbranched alkanes of at least 4 members (excludes halogenated alkanes) is 8. The second kappa shape index (κ2) is 16.2. The Labute approximate surface area is 269 Å². The minimum absolute atomic E-state index is 0.136. The zero-order valence-corrected chi connectivity index (χ0v) is 27.0. The number of carbonyl (C=O) groups is 1. The van der Waals surface area contributed by atoms with Crippen molar-refractivity contribution >= 4 is 5.97 Å². The molecule has 3 rings (SSSR count). The summed E-state index contributed by atoms with van der Waals surface area (Å²) < 4.78 is 69.5. The Morgan fingerprint density at radius 1 is 0.804 bits per heavy atom. The Balaban J connectivity index is 1.42. The van der Waals surface area contributed by atoms with Crippen molar-refractivity contribution in [3.8, 4) is 17.2 Å². The number of halogens is 5. The van der Waals surface area contributed by atoms with Crippen molar-refractivity contribution in [2.45, 2.75) is 134 Å². The van der Waals surface area contributed by atoms with Crippen LogP contribution in [0.5, 0.6) is 17.2 Å². The summed E-state index contributed by atoms with van der Waals surface area (Å²) in [5.41, 5.74) is 0.869. The van der Waals surface area contributed by atoms with E-state index in [0.717, 1.165) is 62.5 Å². The van der Waals surface area contributed by atoms with Gasteiger partial charge in [-0.2, -0.15) is 22.0 Å². The van der Waals surface area contributed by atoms with E-state index in [1.54, 1.807) is 31.2 Å². The van der Waals surface area contributed by atoms with E-state index in [1.807, 2.05) is 18.2 Å². The number of phenols is 2. The summed E-state index contributed by atoms with van der Waals surface area (Å²) in [5, 5.41) is 29.7. The van der Waals surface area contributed by atoms with E-state index in [0.29, 0.717) is 31.6 Å². The van der Waals surface area contributed by atoms with E-state index in [-0.39, 0.29) is 42.1 Å². The molecule has 0 spiro atoms. The molecule has 5 nitrogen and oxygen atoms in total. The maximum atomic E-state index is 13.1. The highest BCUT2D eigenvalue weighted by atomic mass is 19.4. The van der Waals surface area contributed by atoms with Gasteiger partial charge in [0.2, 0.25) is 0 Å². The number of carboxylic acid groups (broad SMARTS) is 1. The number of ether oxygens (including phenoxy) is 1. The van der Waals surface area contributed by atoms with Crippen molar-refractivity contribution < 1.29 is 46.8 Å². The molecule has 1 aliphatic heterocycles. The first-order chi connectivity index (χ1) is 21.6. The molecule has 0 radical (unpaired) electrons. The molecule has 3 atom stereocenters. The second-order valence-electron chi connectivity index (χ2n) is 13.2. The molecule has 0 saturated carbocycles. The number of rotatable bonds is 19. The van der Waals surface area contributed by atoms with E-state index < -0.39 is 29.9 Å². The number of benzene rings is 2. The van der Waals surface area contributed by atoms with Crippen molar-refractivity contribution in [2.75, 3.05) is 6.61 Å². The molecular formula is C36H49F5O5. The molecule has 0 aromatic heterocycles. The summed E-state index contributed by atoms with van der Waals surface area (Å²) in [6.07, 6.45) is 2.06. The fourth-order valence-corrected chi connectivity index (χ4v) is 6.88. The van der Waals surface area contributed by atoms with E-state index in [2.05, 4.69) is 6.92 Å². The largest absolute Gasteiger partial charge is 0.508 e. The highest BCUT2D eigenvalue weighted by Gasteiger charge is 2.56. The van der Waals surface area contributed by atoms with Crippen molar-refractivity contribution in [1.82, 2.24) is 0 Å².